The van der Waals surface area contributed by atoms with E-state index in [4.69, 9.17) is 14.2 Å². The Morgan fingerprint density at radius 2 is 1.51 bits per heavy atom. The molecular weight excluding hydrogens is 485 g/mol. The maximum Gasteiger partial charge on any atom is 0.417 e. The minimum absolute atomic E-state index is 0.0144. The standard InChI is InChI=1S/C26H32FN3O7/c1-15(2)35-20-5-4-16(27)12-19(20)29-10-8-28(9-11-29)6-3-7-30-23(31)17-13-21-22(14-18(17)24(30)32)37-26(34)25(33)36-21/h4-5,12,15,17-18,21-22H,3,6-11,13-14H2,1-2H3. The lowest BCUT2D eigenvalue weighted by Crippen LogP contribution is -2.50. The highest BCUT2D eigenvalue weighted by atomic mass is 19.1. The van der Waals surface area contributed by atoms with Gasteiger partial charge in [0.1, 0.15) is 23.8 Å². The highest BCUT2D eigenvalue weighted by molar-refractivity contribution is 6.30. The van der Waals surface area contributed by atoms with Gasteiger partial charge in [0.05, 0.1) is 23.6 Å². The summed E-state index contributed by atoms with van der Waals surface area (Å²) in [6, 6.07) is 4.58. The molecule has 4 aliphatic rings. The molecule has 4 fully saturated rings. The van der Waals surface area contributed by atoms with E-state index in [2.05, 4.69) is 9.80 Å². The monoisotopic (exact) mass is 517 g/mol. The fourth-order valence-electron chi connectivity index (χ4n) is 5.78. The summed E-state index contributed by atoms with van der Waals surface area (Å²) in [6.07, 6.45) is -0.345. The van der Waals surface area contributed by atoms with Gasteiger partial charge < -0.3 is 19.1 Å². The molecule has 4 unspecified atom stereocenters. The summed E-state index contributed by atoms with van der Waals surface area (Å²) in [6.45, 7) is 7.87. The lowest BCUT2D eigenvalue weighted by atomic mass is 9.77. The van der Waals surface area contributed by atoms with Crippen LogP contribution in [0.1, 0.15) is 33.1 Å². The van der Waals surface area contributed by atoms with Crippen LogP contribution in [0.25, 0.3) is 0 Å². The smallest absolute Gasteiger partial charge is 0.417 e. The van der Waals surface area contributed by atoms with E-state index in [1.165, 1.54) is 17.0 Å². The quantitative estimate of drug-likeness (QED) is 0.301. The van der Waals surface area contributed by atoms with Crippen LogP contribution < -0.4 is 9.64 Å². The molecule has 0 radical (unpaired) electrons. The Hall–Kier alpha value is -3.21. The van der Waals surface area contributed by atoms with Gasteiger partial charge in [-0.05, 0) is 38.9 Å². The zero-order chi connectivity index (χ0) is 26.3. The number of imide groups is 1. The van der Waals surface area contributed by atoms with Gasteiger partial charge in [0, 0.05) is 51.6 Å². The number of halogens is 1. The molecule has 1 aromatic carbocycles. The summed E-state index contributed by atoms with van der Waals surface area (Å²) in [5.74, 6) is -3.30. The number of likely N-dealkylation sites (tertiary alicyclic amines) is 1. The van der Waals surface area contributed by atoms with E-state index in [-0.39, 0.29) is 36.6 Å². The molecule has 0 spiro atoms. The summed E-state index contributed by atoms with van der Waals surface area (Å²) in [5, 5.41) is 0. The molecule has 200 valence electrons. The Kier molecular flexibility index (Phi) is 7.06. The molecule has 37 heavy (non-hydrogen) atoms. The number of benzene rings is 1. The van der Waals surface area contributed by atoms with Gasteiger partial charge in [-0.25, -0.2) is 14.0 Å². The third kappa shape index (κ3) is 5.14. The molecular formula is C26H32FN3O7. The second-order valence-corrected chi connectivity index (χ2v) is 10.4. The molecule has 5 rings (SSSR count). The molecule has 10 nitrogen and oxygen atoms in total. The number of ether oxygens (including phenoxy) is 3. The van der Waals surface area contributed by atoms with Crippen molar-refractivity contribution in [2.45, 2.75) is 51.4 Å². The lowest BCUT2D eigenvalue weighted by molar-refractivity contribution is -0.202. The van der Waals surface area contributed by atoms with Gasteiger partial charge in [-0.15, -0.1) is 0 Å². The van der Waals surface area contributed by atoms with Crippen LogP contribution in [0.5, 0.6) is 5.75 Å². The predicted molar refractivity (Wildman–Crippen MR) is 128 cm³/mol. The third-order valence-electron chi connectivity index (χ3n) is 7.58. The molecule has 0 N–H and O–H groups in total. The minimum Gasteiger partial charge on any atom is -0.489 e. The number of anilines is 1. The van der Waals surface area contributed by atoms with Gasteiger partial charge in [-0.1, -0.05) is 0 Å². The summed E-state index contributed by atoms with van der Waals surface area (Å²) in [5.41, 5.74) is 0.751. The van der Waals surface area contributed by atoms with E-state index in [1.54, 1.807) is 6.07 Å². The molecule has 4 atom stereocenters. The number of fused-ring (bicyclic) bond motifs is 2. The molecule has 3 saturated heterocycles. The zero-order valence-corrected chi connectivity index (χ0v) is 21.1. The van der Waals surface area contributed by atoms with Crippen LogP contribution in [0, 0.1) is 17.7 Å². The SMILES string of the molecule is CC(C)Oc1ccc(F)cc1N1CCN(CCCN2C(=O)C3CC4OC(=O)C(=O)OC4CC3C2=O)CC1. The Bertz CT molecular complexity index is 1050. The molecule has 3 aliphatic heterocycles. The number of amides is 2. The van der Waals surface area contributed by atoms with Gasteiger partial charge >= 0.3 is 11.9 Å². The Balaban J connectivity index is 1.12. The number of nitrogens with zero attached hydrogens (tertiary/aromatic N) is 3. The largest absolute Gasteiger partial charge is 0.489 e. The van der Waals surface area contributed by atoms with E-state index in [0.29, 0.717) is 31.8 Å². The molecule has 1 aliphatic carbocycles. The molecule has 1 saturated carbocycles. The number of hydrogen-bond acceptors (Lipinski definition) is 9. The number of rotatable bonds is 7. The first-order chi connectivity index (χ1) is 17.7. The number of carbonyl (C=O) groups excluding carboxylic acids is 4. The van der Waals surface area contributed by atoms with E-state index >= 15 is 0 Å². The first-order valence-electron chi connectivity index (χ1n) is 12.9. The number of piperazine rings is 1. The van der Waals surface area contributed by atoms with E-state index in [1.807, 2.05) is 13.8 Å². The van der Waals surface area contributed by atoms with Crippen LogP contribution in [0.3, 0.4) is 0 Å². The third-order valence-corrected chi connectivity index (χ3v) is 7.58. The number of esters is 2. The highest BCUT2D eigenvalue weighted by Gasteiger charge is 2.56. The predicted octanol–water partition coefficient (Wildman–Crippen LogP) is 1.36. The number of carbonyl (C=O) groups is 4. The minimum atomic E-state index is -1.05. The molecule has 11 heteroatoms. The zero-order valence-electron chi connectivity index (χ0n) is 21.1. The second-order valence-electron chi connectivity index (χ2n) is 10.4. The van der Waals surface area contributed by atoms with E-state index in [9.17, 15) is 23.6 Å². The average Bonchev–Trinajstić information content (AvgIpc) is 3.09. The van der Waals surface area contributed by atoms with Gasteiger partial charge in [-0.3, -0.25) is 19.4 Å². The highest BCUT2D eigenvalue weighted by Crippen LogP contribution is 2.41. The van der Waals surface area contributed by atoms with Gasteiger partial charge in [-0.2, -0.15) is 0 Å². The summed E-state index contributed by atoms with van der Waals surface area (Å²) in [7, 11) is 0. The van der Waals surface area contributed by atoms with Gasteiger partial charge in [0.25, 0.3) is 0 Å². The van der Waals surface area contributed by atoms with Crippen molar-refractivity contribution in [3.05, 3.63) is 24.0 Å². The lowest BCUT2D eigenvalue weighted by Gasteiger charge is -2.37. The van der Waals surface area contributed by atoms with E-state index < -0.39 is 36.0 Å². The normalized spacial score (nSPS) is 28.2. The Morgan fingerprint density at radius 1 is 0.919 bits per heavy atom. The molecule has 0 bridgehead atoms. The van der Waals surface area contributed by atoms with Gasteiger partial charge in [0.15, 0.2) is 0 Å². The fourth-order valence-corrected chi connectivity index (χ4v) is 5.78. The van der Waals surface area contributed by atoms with Crippen LogP contribution in [0.2, 0.25) is 0 Å². The van der Waals surface area contributed by atoms with Crippen molar-refractivity contribution in [2.24, 2.45) is 11.8 Å². The van der Waals surface area contributed by atoms with Crippen LogP contribution in [0.15, 0.2) is 18.2 Å². The first-order valence-corrected chi connectivity index (χ1v) is 12.9. The van der Waals surface area contributed by atoms with Crippen molar-refractivity contribution in [3.63, 3.8) is 0 Å². The molecule has 1 aromatic rings. The van der Waals surface area contributed by atoms with Crippen LogP contribution in [0.4, 0.5) is 10.1 Å². The first kappa shape index (κ1) is 25.4. The molecule has 3 heterocycles. The van der Waals surface area contributed by atoms with Gasteiger partial charge in [0.2, 0.25) is 11.8 Å². The summed E-state index contributed by atoms with van der Waals surface area (Å²) >= 11 is 0. The van der Waals surface area contributed by atoms with Crippen molar-refractivity contribution in [3.8, 4) is 5.75 Å². The van der Waals surface area contributed by atoms with Crippen molar-refractivity contribution in [1.29, 1.82) is 0 Å². The van der Waals surface area contributed by atoms with Crippen molar-refractivity contribution in [1.82, 2.24) is 9.80 Å². The Morgan fingerprint density at radius 3 is 2.08 bits per heavy atom. The van der Waals surface area contributed by atoms with Crippen LogP contribution in [-0.2, 0) is 28.7 Å². The maximum absolute atomic E-state index is 13.9. The van der Waals surface area contributed by atoms with E-state index in [0.717, 1.165) is 25.3 Å². The fraction of sp³-hybridized carbons (Fsp3) is 0.615. The average molecular weight is 518 g/mol. The maximum atomic E-state index is 13.9. The summed E-state index contributed by atoms with van der Waals surface area (Å²) < 4.78 is 30.0. The van der Waals surface area contributed by atoms with Crippen molar-refractivity contribution < 1.29 is 37.8 Å². The van der Waals surface area contributed by atoms with Crippen LogP contribution in [-0.4, -0.2) is 91.1 Å². The molecule has 2 amide bonds. The Labute approximate surface area is 214 Å². The second kappa shape index (κ2) is 10.3. The molecule has 0 aromatic heterocycles. The van der Waals surface area contributed by atoms with Crippen molar-refractivity contribution in [2.75, 3.05) is 44.2 Å². The van der Waals surface area contributed by atoms with Crippen molar-refractivity contribution >= 4 is 29.4 Å². The van der Waals surface area contributed by atoms with Crippen LogP contribution >= 0.6 is 0 Å². The summed E-state index contributed by atoms with van der Waals surface area (Å²) in [4.78, 5) is 54.7. The number of hydrogen-bond donors (Lipinski definition) is 0. The topological polar surface area (TPSA) is 106 Å².